The molecule has 0 radical (unpaired) electrons. The second kappa shape index (κ2) is 7.77. The lowest BCUT2D eigenvalue weighted by Crippen LogP contribution is -2.23. The van der Waals surface area contributed by atoms with Crippen LogP contribution >= 0.6 is 54.8 Å². The molecule has 0 aliphatic rings. The first kappa shape index (κ1) is 15.5. The average Bonchev–Trinajstić information content (AvgIpc) is 2.64. The van der Waals surface area contributed by atoms with Gasteiger partial charge in [0.2, 0.25) is 0 Å². The standard InChI is InChI=1S/C11H14Br2ClNOS/c1-7(6-14)3-2-4-15-11(16)9-5-8(12)10(13)17-9/h5,7H,2-4,6H2,1H3,(H,15,16). The molecule has 1 N–H and O–H groups in total. The van der Waals surface area contributed by atoms with Gasteiger partial charge in [-0.1, -0.05) is 6.92 Å². The molecule has 0 saturated heterocycles. The Bertz CT molecular complexity index is 364. The van der Waals surface area contributed by atoms with E-state index in [0.717, 1.165) is 21.1 Å². The van der Waals surface area contributed by atoms with Crippen molar-refractivity contribution in [1.29, 1.82) is 0 Å². The second-order valence-electron chi connectivity index (χ2n) is 3.89. The molecule has 0 aliphatic carbocycles. The van der Waals surface area contributed by atoms with Gasteiger partial charge in [0, 0.05) is 16.9 Å². The summed E-state index contributed by atoms with van der Waals surface area (Å²) in [7, 11) is 0. The van der Waals surface area contributed by atoms with Gasteiger partial charge in [0.05, 0.1) is 8.66 Å². The number of thiophene rings is 1. The van der Waals surface area contributed by atoms with Crippen molar-refractivity contribution in [1.82, 2.24) is 5.32 Å². The molecular formula is C11H14Br2ClNOS. The summed E-state index contributed by atoms with van der Waals surface area (Å²) in [5.74, 6) is 1.18. The van der Waals surface area contributed by atoms with Crippen molar-refractivity contribution in [3.63, 3.8) is 0 Å². The number of carbonyl (C=O) groups excluding carboxylic acids is 1. The zero-order chi connectivity index (χ0) is 12.8. The summed E-state index contributed by atoms with van der Waals surface area (Å²) in [6.45, 7) is 2.81. The van der Waals surface area contributed by atoms with E-state index in [4.69, 9.17) is 11.6 Å². The lowest BCUT2D eigenvalue weighted by atomic mass is 10.1. The summed E-state index contributed by atoms with van der Waals surface area (Å²) < 4.78 is 1.86. The van der Waals surface area contributed by atoms with Crippen molar-refractivity contribution in [2.24, 2.45) is 5.92 Å². The van der Waals surface area contributed by atoms with E-state index in [1.54, 1.807) is 0 Å². The minimum absolute atomic E-state index is 0.0140. The van der Waals surface area contributed by atoms with Gasteiger partial charge in [0.1, 0.15) is 0 Å². The highest BCUT2D eigenvalue weighted by Crippen LogP contribution is 2.32. The first-order valence-corrected chi connectivity index (χ1v) is 8.27. The van der Waals surface area contributed by atoms with Gasteiger partial charge in [-0.3, -0.25) is 4.79 Å². The molecule has 2 nitrogen and oxygen atoms in total. The van der Waals surface area contributed by atoms with Gasteiger partial charge in [0.15, 0.2) is 0 Å². The number of carbonyl (C=O) groups is 1. The monoisotopic (exact) mass is 401 g/mol. The molecule has 1 heterocycles. The smallest absolute Gasteiger partial charge is 0.261 e. The maximum Gasteiger partial charge on any atom is 0.261 e. The van der Waals surface area contributed by atoms with E-state index in [-0.39, 0.29) is 5.91 Å². The van der Waals surface area contributed by atoms with Gasteiger partial charge >= 0.3 is 0 Å². The molecule has 0 fully saturated rings. The summed E-state index contributed by atoms with van der Waals surface area (Å²) in [5.41, 5.74) is 0. The van der Waals surface area contributed by atoms with E-state index in [2.05, 4.69) is 44.1 Å². The van der Waals surface area contributed by atoms with Crippen molar-refractivity contribution >= 4 is 60.7 Å². The average molecular weight is 404 g/mol. The molecule has 1 amide bonds. The Balaban J connectivity index is 2.30. The molecular weight excluding hydrogens is 389 g/mol. The first-order valence-electron chi connectivity index (χ1n) is 5.33. The minimum Gasteiger partial charge on any atom is -0.351 e. The summed E-state index contributed by atoms with van der Waals surface area (Å²) in [4.78, 5) is 12.5. The van der Waals surface area contributed by atoms with Crippen LogP contribution in [0.1, 0.15) is 29.4 Å². The molecule has 1 aromatic heterocycles. The van der Waals surface area contributed by atoms with Crippen LogP contribution in [0.25, 0.3) is 0 Å². The molecule has 0 bridgehead atoms. The summed E-state index contributed by atoms with van der Waals surface area (Å²) in [5, 5.41) is 2.91. The molecule has 1 atom stereocenters. The predicted molar refractivity (Wildman–Crippen MR) is 81.2 cm³/mol. The van der Waals surface area contributed by atoms with Crippen LogP contribution in [0.5, 0.6) is 0 Å². The van der Waals surface area contributed by atoms with E-state index in [0.29, 0.717) is 23.2 Å². The number of alkyl halides is 1. The Kier molecular flexibility index (Phi) is 7.07. The van der Waals surface area contributed by atoms with Crippen molar-refractivity contribution in [3.8, 4) is 0 Å². The molecule has 6 heteroatoms. The third-order valence-corrected chi connectivity index (χ3v) is 6.07. The van der Waals surface area contributed by atoms with Gasteiger partial charge in [-0.05, 0) is 56.7 Å². The fraction of sp³-hybridized carbons (Fsp3) is 0.545. The number of amides is 1. The normalized spacial score (nSPS) is 12.5. The number of hydrogen-bond donors (Lipinski definition) is 1. The van der Waals surface area contributed by atoms with Crippen LogP contribution in [0, 0.1) is 5.92 Å². The predicted octanol–water partition coefficient (Wildman–Crippen LogP) is 4.66. The molecule has 0 spiro atoms. The summed E-state index contributed by atoms with van der Waals surface area (Å²) in [6, 6.07) is 1.82. The fourth-order valence-electron chi connectivity index (χ4n) is 1.28. The Labute approximate surface area is 127 Å². The van der Waals surface area contributed by atoms with E-state index in [1.165, 1.54) is 11.3 Å². The van der Waals surface area contributed by atoms with Crippen molar-refractivity contribution in [2.45, 2.75) is 19.8 Å². The lowest BCUT2D eigenvalue weighted by Gasteiger charge is -2.07. The molecule has 96 valence electrons. The van der Waals surface area contributed by atoms with Crippen LogP contribution in [-0.2, 0) is 0 Å². The molecule has 17 heavy (non-hydrogen) atoms. The van der Waals surface area contributed by atoms with Crippen LogP contribution in [0.3, 0.4) is 0 Å². The molecule has 1 aromatic rings. The zero-order valence-corrected chi connectivity index (χ0v) is 14.2. The molecule has 0 aromatic carbocycles. The maximum atomic E-state index is 11.8. The minimum atomic E-state index is -0.0140. The Morgan fingerprint density at radius 3 is 2.82 bits per heavy atom. The summed E-state index contributed by atoms with van der Waals surface area (Å²) in [6.07, 6.45) is 2.01. The second-order valence-corrected chi connectivity index (χ2v) is 7.42. The Hall–Kier alpha value is 0.420. The third kappa shape index (κ3) is 5.28. The van der Waals surface area contributed by atoms with Crippen LogP contribution in [0.4, 0.5) is 0 Å². The number of halogens is 3. The fourth-order valence-corrected chi connectivity index (χ4v) is 3.38. The Morgan fingerprint density at radius 1 is 1.59 bits per heavy atom. The van der Waals surface area contributed by atoms with Gasteiger partial charge < -0.3 is 5.32 Å². The van der Waals surface area contributed by atoms with E-state index >= 15 is 0 Å². The van der Waals surface area contributed by atoms with E-state index in [9.17, 15) is 4.79 Å². The highest BCUT2D eigenvalue weighted by molar-refractivity contribution is 9.13. The third-order valence-electron chi connectivity index (χ3n) is 2.29. The SMILES string of the molecule is CC(CCl)CCCNC(=O)c1cc(Br)c(Br)s1. The van der Waals surface area contributed by atoms with Crippen LogP contribution < -0.4 is 5.32 Å². The molecule has 1 unspecified atom stereocenters. The first-order chi connectivity index (χ1) is 8.04. The topological polar surface area (TPSA) is 29.1 Å². The van der Waals surface area contributed by atoms with Gasteiger partial charge in [-0.15, -0.1) is 22.9 Å². The molecule has 0 saturated carbocycles. The number of nitrogens with one attached hydrogen (secondary N) is 1. The van der Waals surface area contributed by atoms with Gasteiger partial charge in [-0.2, -0.15) is 0 Å². The van der Waals surface area contributed by atoms with Gasteiger partial charge in [-0.25, -0.2) is 0 Å². The van der Waals surface area contributed by atoms with E-state index in [1.807, 2.05) is 6.07 Å². The zero-order valence-electron chi connectivity index (χ0n) is 9.43. The number of rotatable bonds is 6. The van der Waals surface area contributed by atoms with Gasteiger partial charge in [0.25, 0.3) is 5.91 Å². The van der Waals surface area contributed by atoms with Crippen LogP contribution in [0.15, 0.2) is 14.3 Å². The molecule has 1 rings (SSSR count). The number of hydrogen-bond acceptors (Lipinski definition) is 2. The van der Waals surface area contributed by atoms with Crippen molar-refractivity contribution in [2.75, 3.05) is 12.4 Å². The maximum absolute atomic E-state index is 11.8. The van der Waals surface area contributed by atoms with Crippen molar-refractivity contribution in [3.05, 3.63) is 19.2 Å². The largest absolute Gasteiger partial charge is 0.351 e. The highest BCUT2D eigenvalue weighted by atomic mass is 79.9. The lowest BCUT2D eigenvalue weighted by molar-refractivity contribution is 0.0956. The van der Waals surface area contributed by atoms with Crippen LogP contribution in [0.2, 0.25) is 0 Å². The highest BCUT2D eigenvalue weighted by Gasteiger charge is 2.11. The van der Waals surface area contributed by atoms with Crippen molar-refractivity contribution < 1.29 is 4.79 Å². The summed E-state index contributed by atoms with van der Waals surface area (Å²) >= 11 is 13.9. The quantitative estimate of drug-likeness (QED) is 0.543. The molecule has 0 aliphatic heterocycles. The van der Waals surface area contributed by atoms with E-state index < -0.39 is 0 Å². The Morgan fingerprint density at radius 2 is 2.29 bits per heavy atom. The van der Waals surface area contributed by atoms with Crippen LogP contribution in [-0.4, -0.2) is 18.3 Å².